The number of fused-ring (bicyclic) bond motifs is 1. The number of likely N-dealkylation sites (N-methyl/N-ethyl adjacent to an activating group) is 1. The Morgan fingerprint density at radius 2 is 1.21 bits per heavy atom. The Kier molecular flexibility index (Phi) is 6.52. The van der Waals surface area contributed by atoms with Gasteiger partial charge < -0.3 is 22.1 Å². The van der Waals surface area contributed by atoms with E-state index >= 15 is 0 Å². The summed E-state index contributed by atoms with van der Waals surface area (Å²) in [5, 5.41) is 0. The summed E-state index contributed by atoms with van der Waals surface area (Å²) in [5.41, 5.74) is 24.8. The van der Waals surface area contributed by atoms with Crippen LogP contribution in [-0.4, -0.2) is 63.0 Å². The highest BCUT2D eigenvalue weighted by Gasteiger charge is 2.25. The molecule has 0 spiro atoms. The van der Waals surface area contributed by atoms with Crippen molar-refractivity contribution in [3.05, 3.63) is 90.0 Å². The van der Waals surface area contributed by atoms with Gasteiger partial charge in [-0.05, 0) is 29.3 Å². The number of benzene rings is 3. The zero-order valence-electron chi connectivity index (χ0n) is 21.8. The maximum absolute atomic E-state index is 6.21. The molecule has 0 radical (unpaired) electrons. The van der Waals surface area contributed by atoms with Crippen molar-refractivity contribution in [2.24, 2.45) is 0 Å². The van der Waals surface area contributed by atoms with Crippen molar-refractivity contribution < 1.29 is 0 Å². The van der Waals surface area contributed by atoms with Crippen LogP contribution in [0.15, 0.2) is 78.9 Å². The van der Waals surface area contributed by atoms with E-state index in [2.05, 4.69) is 104 Å². The van der Waals surface area contributed by atoms with Gasteiger partial charge in [-0.2, -0.15) is 9.97 Å². The average Bonchev–Trinajstić information content (AvgIpc) is 2.95. The van der Waals surface area contributed by atoms with E-state index in [1.54, 1.807) is 0 Å². The lowest BCUT2D eigenvalue weighted by Gasteiger charge is -2.38. The van der Waals surface area contributed by atoms with Crippen LogP contribution >= 0.6 is 0 Å². The molecule has 6 N–H and O–H groups in total. The van der Waals surface area contributed by atoms with Gasteiger partial charge in [0.1, 0.15) is 5.69 Å². The van der Waals surface area contributed by atoms with E-state index in [4.69, 9.17) is 17.2 Å². The first-order valence-corrected chi connectivity index (χ1v) is 13.0. The number of hydrogen-bond acceptors (Lipinski definition) is 9. The molecule has 1 aliphatic heterocycles. The molecule has 2 aromatic heterocycles. The van der Waals surface area contributed by atoms with Crippen LogP contribution < -0.4 is 17.2 Å². The summed E-state index contributed by atoms with van der Waals surface area (Å²) in [5.74, 6) is 0.469. The second-order valence-electron chi connectivity index (χ2n) is 9.95. The van der Waals surface area contributed by atoms with Gasteiger partial charge in [0.15, 0.2) is 22.8 Å². The van der Waals surface area contributed by atoms with Gasteiger partial charge in [-0.1, -0.05) is 78.9 Å². The predicted octanol–water partition coefficient (Wildman–Crippen LogP) is 3.84. The summed E-state index contributed by atoms with van der Waals surface area (Å²) in [6.45, 7) is 4.25. The average molecular weight is 518 g/mol. The zero-order valence-corrected chi connectivity index (χ0v) is 21.8. The molecule has 3 heterocycles. The Bertz CT molecular complexity index is 1590. The fourth-order valence-electron chi connectivity index (χ4n) is 5.22. The van der Waals surface area contributed by atoms with Crippen LogP contribution in [0.2, 0.25) is 0 Å². The van der Waals surface area contributed by atoms with Gasteiger partial charge in [-0.15, -0.1) is 0 Å². The van der Waals surface area contributed by atoms with E-state index < -0.39 is 0 Å². The third-order valence-corrected chi connectivity index (χ3v) is 7.34. The highest BCUT2D eigenvalue weighted by molar-refractivity contribution is 5.87. The molecule has 9 heteroatoms. The third kappa shape index (κ3) is 4.97. The standard InChI is InChI=1S/C30H31N9/c1-38-15-17-39(18-16-38)26(22-5-3-2-4-6-22)23-13-9-20(10-14-23)19-7-11-21(12-8-19)24-27(31)35-29-25(34-24)28(32)36-30(33)37-29/h2-14,26H,15-18H2,1H3,(H6,31,32,33,35,36,37). The van der Waals surface area contributed by atoms with Crippen molar-refractivity contribution in [1.29, 1.82) is 0 Å². The van der Waals surface area contributed by atoms with E-state index in [0.717, 1.165) is 42.9 Å². The third-order valence-electron chi connectivity index (χ3n) is 7.34. The molecule has 5 aromatic rings. The quantitative estimate of drug-likeness (QED) is 0.318. The Morgan fingerprint density at radius 3 is 1.87 bits per heavy atom. The predicted molar refractivity (Wildman–Crippen MR) is 157 cm³/mol. The summed E-state index contributed by atoms with van der Waals surface area (Å²) in [6, 6.07) is 28.0. The van der Waals surface area contributed by atoms with Crippen molar-refractivity contribution in [2.75, 3.05) is 50.4 Å². The van der Waals surface area contributed by atoms with E-state index in [0.29, 0.717) is 11.2 Å². The number of nitrogen functional groups attached to an aromatic ring is 3. The fourth-order valence-corrected chi connectivity index (χ4v) is 5.22. The molecule has 196 valence electrons. The monoisotopic (exact) mass is 517 g/mol. The lowest BCUT2D eigenvalue weighted by Crippen LogP contribution is -2.46. The first-order chi connectivity index (χ1) is 19.0. The molecule has 1 atom stereocenters. The van der Waals surface area contributed by atoms with Gasteiger partial charge in [0.05, 0.1) is 6.04 Å². The summed E-state index contributed by atoms with van der Waals surface area (Å²) >= 11 is 0. The number of nitrogens with two attached hydrogens (primary N) is 3. The molecule has 1 saturated heterocycles. The smallest absolute Gasteiger partial charge is 0.224 e. The minimum absolute atomic E-state index is 0.0374. The van der Waals surface area contributed by atoms with Gasteiger partial charge in [0.25, 0.3) is 0 Å². The minimum Gasteiger partial charge on any atom is -0.382 e. The second kappa shape index (κ2) is 10.3. The molecule has 6 rings (SSSR count). The van der Waals surface area contributed by atoms with Gasteiger partial charge in [0.2, 0.25) is 5.95 Å². The molecular formula is C30H31N9. The molecule has 1 unspecified atom stereocenters. The normalized spacial score (nSPS) is 15.4. The molecule has 9 nitrogen and oxygen atoms in total. The highest BCUT2D eigenvalue weighted by Crippen LogP contribution is 2.32. The summed E-state index contributed by atoms with van der Waals surface area (Å²) < 4.78 is 0. The number of aromatic nitrogens is 4. The van der Waals surface area contributed by atoms with Crippen molar-refractivity contribution >= 4 is 28.7 Å². The van der Waals surface area contributed by atoms with Crippen LogP contribution in [0.3, 0.4) is 0 Å². The zero-order chi connectivity index (χ0) is 26.9. The molecule has 0 saturated carbocycles. The maximum Gasteiger partial charge on any atom is 0.224 e. The van der Waals surface area contributed by atoms with E-state index in [1.165, 1.54) is 11.1 Å². The van der Waals surface area contributed by atoms with Crippen LogP contribution in [0.25, 0.3) is 33.5 Å². The van der Waals surface area contributed by atoms with Gasteiger partial charge >= 0.3 is 0 Å². The largest absolute Gasteiger partial charge is 0.382 e. The number of rotatable bonds is 5. The highest BCUT2D eigenvalue weighted by atomic mass is 15.3. The molecular weight excluding hydrogens is 486 g/mol. The Hall–Kier alpha value is -4.60. The fraction of sp³-hybridized carbons (Fsp3) is 0.200. The van der Waals surface area contributed by atoms with Crippen molar-refractivity contribution in [2.45, 2.75) is 6.04 Å². The maximum atomic E-state index is 6.21. The molecule has 0 amide bonds. The van der Waals surface area contributed by atoms with Crippen molar-refractivity contribution in [1.82, 2.24) is 29.7 Å². The van der Waals surface area contributed by atoms with Gasteiger partial charge in [0, 0.05) is 31.7 Å². The molecule has 0 aliphatic carbocycles. The van der Waals surface area contributed by atoms with Gasteiger partial charge in [-0.25, -0.2) is 9.97 Å². The lowest BCUT2D eigenvalue weighted by molar-refractivity contribution is 0.127. The van der Waals surface area contributed by atoms with E-state index in [9.17, 15) is 0 Å². The van der Waals surface area contributed by atoms with Crippen LogP contribution in [0, 0.1) is 0 Å². The first-order valence-electron chi connectivity index (χ1n) is 13.0. The molecule has 1 fully saturated rings. The van der Waals surface area contributed by atoms with Crippen LogP contribution in [0.4, 0.5) is 17.6 Å². The van der Waals surface area contributed by atoms with Crippen LogP contribution in [0.1, 0.15) is 17.2 Å². The van der Waals surface area contributed by atoms with Crippen LogP contribution in [0.5, 0.6) is 0 Å². The minimum atomic E-state index is 0.0374. The topological polar surface area (TPSA) is 136 Å². The van der Waals surface area contributed by atoms with Gasteiger partial charge in [-0.3, -0.25) is 4.90 Å². The van der Waals surface area contributed by atoms with E-state index in [1.807, 2.05) is 12.1 Å². The molecule has 1 aliphatic rings. The number of nitrogens with zero attached hydrogens (tertiary/aromatic N) is 6. The van der Waals surface area contributed by atoms with E-state index in [-0.39, 0.29) is 29.3 Å². The summed E-state index contributed by atoms with van der Waals surface area (Å²) in [6.07, 6.45) is 0. The number of hydrogen-bond donors (Lipinski definition) is 3. The molecule has 3 aromatic carbocycles. The number of piperazine rings is 1. The second-order valence-corrected chi connectivity index (χ2v) is 9.95. The Labute approximate surface area is 227 Å². The van der Waals surface area contributed by atoms with Crippen LogP contribution in [-0.2, 0) is 0 Å². The Morgan fingerprint density at radius 1 is 0.615 bits per heavy atom. The molecule has 39 heavy (non-hydrogen) atoms. The SMILES string of the molecule is CN1CCN(C(c2ccccc2)c2ccc(-c3ccc(-c4nc5c(N)nc(N)nc5nc4N)cc3)cc2)CC1. The summed E-state index contributed by atoms with van der Waals surface area (Å²) in [4.78, 5) is 22.0. The van der Waals surface area contributed by atoms with Crippen molar-refractivity contribution in [3.8, 4) is 22.4 Å². The Balaban J connectivity index is 1.28. The summed E-state index contributed by atoms with van der Waals surface area (Å²) in [7, 11) is 2.19. The first kappa shape index (κ1) is 24.7. The lowest BCUT2D eigenvalue weighted by atomic mass is 9.94. The molecule has 0 bridgehead atoms. The number of anilines is 3. The van der Waals surface area contributed by atoms with Crippen molar-refractivity contribution in [3.63, 3.8) is 0 Å².